The van der Waals surface area contributed by atoms with Crippen LogP contribution in [0.5, 0.6) is 0 Å². The zero-order valence-electron chi connectivity index (χ0n) is 15.5. The van der Waals surface area contributed by atoms with Crippen LogP contribution in [0.1, 0.15) is 61.0 Å². The number of alkyl halides is 2. The largest absolute Gasteiger partial charge is 0.289 e. The molecule has 0 atom stereocenters. The third kappa shape index (κ3) is 2.87. The molecule has 142 valence electrons. The van der Waals surface area contributed by atoms with Crippen LogP contribution in [0.3, 0.4) is 0 Å². The molecule has 5 heteroatoms. The van der Waals surface area contributed by atoms with E-state index in [2.05, 4.69) is 45.2 Å². The topological polar surface area (TPSA) is 29.0 Å². The second kappa shape index (κ2) is 6.33. The Labute approximate surface area is 158 Å². The molecule has 0 amide bonds. The second-order valence-corrected chi connectivity index (χ2v) is 8.75. The van der Waals surface area contributed by atoms with Crippen molar-refractivity contribution < 1.29 is 8.78 Å². The van der Waals surface area contributed by atoms with Crippen LogP contribution in [0.15, 0.2) is 36.7 Å². The highest BCUT2D eigenvalue weighted by atomic mass is 19.3. The number of aromatic nitrogens is 2. The summed E-state index contributed by atoms with van der Waals surface area (Å²) in [6.07, 6.45) is 3.89. The first kappa shape index (κ1) is 17.2. The van der Waals surface area contributed by atoms with Gasteiger partial charge in [-0.25, -0.2) is 18.7 Å². The van der Waals surface area contributed by atoms with E-state index in [1.807, 2.05) is 0 Å². The Kier molecular flexibility index (Phi) is 4.04. The van der Waals surface area contributed by atoms with Gasteiger partial charge in [-0.2, -0.15) is 0 Å². The molecule has 3 fully saturated rings. The van der Waals surface area contributed by atoms with Crippen LogP contribution < -0.4 is 0 Å². The number of nitrogens with zero attached hydrogens (tertiary/aromatic N) is 3. The van der Waals surface area contributed by atoms with E-state index in [-0.39, 0.29) is 5.41 Å². The van der Waals surface area contributed by atoms with E-state index < -0.39 is 11.8 Å². The molecule has 0 radical (unpaired) electrons. The predicted octanol–water partition coefficient (Wildman–Crippen LogP) is 4.85. The first-order chi connectivity index (χ1) is 13.1. The summed E-state index contributed by atoms with van der Waals surface area (Å²) in [6, 6.07) is 10.7. The van der Waals surface area contributed by atoms with Crippen LogP contribution >= 0.6 is 0 Å². The van der Waals surface area contributed by atoms with Crippen LogP contribution in [0.2, 0.25) is 0 Å². The molecule has 3 nitrogen and oxygen atoms in total. The standard InChI is InChI=1S/C22H25F2N3/c23-20(24)22-8-5-21(6-9-22,7-10-22)19-11-18(25-15-26-19)14-27-12-16-3-1-2-4-17(16)13-27/h1-4,11,15,20H,5-10,12-14H2. The molecule has 2 heterocycles. The molecule has 0 unspecified atom stereocenters. The molecule has 1 aromatic carbocycles. The van der Waals surface area contributed by atoms with Crippen molar-refractivity contribution in [3.8, 4) is 0 Å². The van der Waals surface area contributed by atoms with Crippen LogP contribution in [-0.2, 0) is 25.0 Å². The van der Waals surface area contributed by atoms with E-state index in [0.29, 0.717) is 19.3 Å². The number of hydrogen-bond acceptors (Lipinski definition) is 3. The minimum atomic E-state index is -2.19. The van der Waals surface area contributed by atoms with E-state index in [9.17, 15) is 8.78 Å². The van der Waals surface area contributed by atoms with E-state index in [4.69, 9.17) is 0 Å². The molecule has 2 aromatic rings. The molecule has 0 N–H and O–H groups in total. The Morgan fingerprint density at radius 1 is 0.926 bits per heavy atom. The highest BCUT2D eigenvalue weighted by Gasteiger charge is 2.54. The molecule has 3 saturated carbocycles. The van der Waals surface area contributed by atoms with Gasteiger partial charge in [0.05, 0.1) is 11.4 Å². The first-order valence-electron chi connectivity index (χ1n) is 9.97. The molecule has 2 bridgehead atoms. The zero-order valence-corrected chi connectivity index (χ0v) is 15.5. The maximum atomic E-state index is 13.5. The SMILES string of the molecule is FC(F)C12CCC(c3cc(CN4Cc5ccccc5C4)ncn3)(CC1)CC2. The predicted molar refractivity (Wildman–Crippen MR) is 99.2 cm³/mol. The molecular formula is C22H25F2N3. The average molecular weight is 369 g/mol. The average Bonchev–Trinajstić information content (AvgIpc) is 3.12. The number of benzene rings is 1. The van der Waals surface area contributed by atoms with Crippen LogP contribution in [0.25, 0.3) is 0 Å². The number of halogens is 2. The summed E-state index contributed by atoms with van der Waals surface area (Å²) in [7, 11) is 0. The Balaban J connectivity index is 1.32. The smallest absolute Gasteiger partial charge is 0.244 e. The summed E-state index contributed by atoms with van der Waals surface area (Å²) >= 11 is 0. The Morgan fingerprint density at radius 3 is 2.15 bits per heavy atom. The maximum Gasteiger partial charge on any atom is 0.244 e. The molecule has 1 aliphatic heterocycles. The highest BCUT2D eigenvalue weighted by Crippen LogP contribution is 2.59. The molecule has 0 spiro atoms. The Bertz CT molecular complexity index is 801. The van der Waals surface area contributed by atoms with Crippen LogP contribution in [-0.4, -0.2) is 21.3 Å². The molecule has 6 rings (SSSR count). The van der Waals surface area contributed by atoms with Crippen molar-refractivity contribution in [2.75, 3.05) is 0 Å². The van der Waals surface area contributed by atoms with Crippen molar-refractivity contribution in [2.45, 2.75) is 70.0 Å². The fourth-order valence-corrected chi connectivity index (χ4v) is 5.44. The van der Waals surface area contributed by atoms with Gasteiger partial charge in [0.25, 0.3) is 0 Å². The van der Waals surface area contributed by atoms with Gasteiger partial charge in [0.1, 0.15) is 6.33 Å². The van der Waals surface area contributed by atoms with Gasteiger partial charge in [0, 0.05) is 30.5 Å². The van der Waals surface area contributed by atoms with Crippen LogP contribution in [0.4, 0.5) is 8.78 Å². The quantitative estimate of drug-likeness (QED) is 0.771. The molecule has 4 aliphatic rings. The minimum absolute atomic E-state index is 0.0116. The fraction of sp³-hybridized carbons (Fsp3) is 0.545. The fourth-order valence-electron chi connectivity index (χ4n) is 5.44. The third-order valence-corrected chi connectivity index (χ3v) is 7.33. The van der Waals surface area contributed by atoms with Crippen molar-refractivity contribution in [3.05, 3.63) is 59.2 Å². The Morgan fingerprint density at radius 2 is 1.56 bits per heavy atom. The lowest BCUT2D eigenvalue weighted by atomic mass is 9.53. The summed E-state index contributed by atoms with van der Waals surface area (Å²) in [5.41, 5.74) is 4.17. The lowest BCUT2D eigenvalue weighted by Gasteiger charge is -2.52. The van der Waals surface area contributed by atoms with Gasteiger partial charge >= 0.3 is 0 Å². The van der Waals surface area contributed by atoms with Crippen molar-refractivity contribution in [1.82, 2.24) is 14.9 Å². The van der Waals surface area contributed by atoms with Gasteiger partial charge in [-0.05, 0) is 55.7 Å². The maximum absolute atomic E-state index is 13.5. The third-order valence-electron chi connectivity index (χ3n) is 7.33. The van der Waals surface area contributed by atoms with E-state index >= 15 is 0 Å². The molecule has 27 heavy (non-hydrogen) atoms. The van der Waals surface area contributed by atoms with E-state index in [0.717, 1.165) is 50.3 Å². The molecule has 3 aliphatic carbocycles. The number of fused-ring (bicyclic) bond motifs is 4. The summed E-state index contributed by atoms with van der Waals surface area (Å²) in [5.74, 6) is 0. The highest BCUT2D eigenvalue weighted by molar-refractivity contribution is 5.30. The molecular weight excluding hydrogens is 344 g/mol. The number of hydrogen-bond donors (Lipinski definition) is 0. The molecule has 0 saturated heterocycles. The van der Waals surface area contributed by atoms with Gasteiger partial charge < -0.3 is 0 Å². The summed E-state index contributed by atoms with van der Waals surface area (Å²) < 4.78 is 27.0. The lowest BCUT2D eigenvalue weighted by Crippen LogP contribution is -2.47. The summed E-state index contributed by atoms with van der Waals surface area (Å²) in [5, 5.41) is 0. The molecule has 1 aromatic heterocycles. The van der Waals surface area contributed by atoms with Gasteiger partial charge in [-0.15, -0.1) is 0 Å². The van der Waals surface area contributed by atoms with E-state index in [1.54, 1.807) is 6.33 Å². The summed E-state index contributed by atoms with van der Waals surface area (Å²) in [4.78, 5) is 11.5. The van der Waals surface area contributed by atoms with E-state index in [1.165, 1.54) is 11.1 Å². The second-order valence-electron chi connectivity index (χ2n) is 8.75. The van der Waals surface area contributed by atoms with Crippen molar-refractivity contribution in [3.63, 3.8) is 0 Å². The normalized spacial score (nSPS) is 30.0. The lowest BCUT2D eigenvalue weighted by molar-refractivity contribution is -0.0852. The summed E-state index contributed by atoms with van der Waals surface area (Å²) in [6.45, 7) is 2.72. The van der Waals surface area contributed by atoms with Crippen LogP contribution in [0, 0.1) is 5.41 Å². The van der Waals surface area contributed by atoms with Gasteiger partial charge in [-0.3, -0.25) is 4.90 Å². The zero-order chi connectivity index (χ0) is 18.5. The van der Waals surface area contributed by atoms with Crippen molar-refractivity contribution in [2.24, 2.45) is 5.41 Å². The first-order valence-corrected chi connectivity index (χ1v) is 9.97. The number of rotatable bonds is 4. The van der Waals surface area contributed by atoms with Crippen molar-refractivity contribution >= 4 is 0 Å². The Hall–Kier alpha value is -1.88. The van der Waals surface area contributed by atoms with Gasteiger partial charge in [0.2, 0.25) is 6.43 Å². The minimum Gasteiger partial charge on any atom is -0.289 e. The van der Waals surface area contributed by atoms with Gasteiger partial charge in [0.15, 0.2) is 0 Å². The van der Waals surface area contributed by atoms with Crippen molar-refractivity contribution in [1.29, 1.82) is 0 Å². The van der Waals surface area contributed by atoms with Gasteiger partial charge in [-0.1, -0.05) is 24.3 Å². The monoisotopic (exact) mass is 369 g/mol.